The van der Waals surface area contributed by atoms with Crippen molar-refractivity contribution in [2.45, 2.75) is 26.4 Å². The van der Waals surface area contributed by atoms with Crippen molar-refractivity contribution in [1.82, 2.24) is 4.98 Å². The number of carbonyl (C=O) groups excluding carboxylic acids is 1. The summed E-state index contributed by atoms with van der Waals surface area (Å²) in [6, 6.07) is 7.48. The number of hydrogen-bond donors (Lipinski definition) is 1. The molecule has 1 fully saturated rings. The Morgan fingerprint density at radius 3 is 2.62 bits per heavy atom. The lowest BCUT2D eigenvalue weighted by Gasteiger charge is -2.33. The Morgan fingerprint density at radius 1 is 1.31 bits per heavy atom. The number of nitrogens with one attached hydrogen (secondary N) is 1. The van der Waals surface area contributed by atoms with Gasteiger partial charge in [-0.2, -0.15) is 8.78 Å². The number of nitro benzene ring substituents is 1. The molecule has 1 aliphatic rings. The third-order valence-electron chi connectivity index (χ3n) is 4.75. The molecule has 3 rings (SSSR count). The monoisotopic (exact) mass is 406 g/mol. The average Bonchev–Trinajstić information content (AvgIpc) is 2.69. The van der Waals surface area contributed by atoms with Gasteiger partial charge in [-0.25, -0.2) is 4.98 Å². The number of aromatic nitrogens is 1. The molecule has 1 aliphatic heterocycles. The van der Waals surface area contributed by atoms with E-state index in [0.29, 0.717) is 37.4 Å². The Bertz CT molecular complexity index is 884. The lowest BCUT2D eigenvalue weighted by molar-refractivity contribution is -0.386. The summed E-state index contributed by atoms with van der Waals surface area (Å²) >= 11 is 0. The van der Waals surface area contributed by atoms with E-state index in [1.54, 1.807) is 12.3 Å². The number of nitro groups is 1. The van der Waals surface area contributed by atoms with Gasteiger partial charge in [0.1, 0.15) is 5.82 Å². The minimum absolute atomic E-state index is 0.119. The topological polar surface area (TPSA) is 97.6 Å². The van der Waals surface area contributed by atoms with E-state index in [0.717, 1.165) is 11.6 Å². The molecule has 1 aromatic carbocycles. The minimum atomic E-state index is -3.16. The second kappa shape index (κ2) is 8.80. The van der Waals surface area contributed by atoms with Crippen LogP contribution in [0.25, 0.3) is 0 Å². The number of benzene rings is 1. The number of alkyl halides is 2. The predicted octanol–water partition coefficient (Wildman–Crippen LogP) is 3.75. The smallest absolute Gasteiger partial charge is 0.387 e. The second-order valence-corrected chi connectivity index (χ2v) is 6.76. The average molecular weight is 406 g/mol. The molecule has 29 heavy (non-hydrogen) atoms. The first-order valence-electron chi connectivity index (χ1n) is 9.05. The highest BCUT2D eigenvalue weighted by Crippen LogP contribution is 2.34. The number of hydrogen-bond acceptors (Lipinski definition) is 6. The van der Waals surface area contributed by atoms with Crippen molar-refractivity contribution in [2.24, 2.45) is 5.92 Å². The Labute approximate surface area is 165 Å². The Balaban J connectivity index is 1.63. The third kappa shape index (κ3) is 5.15. The van der Waals surface area contributed by atoms with E-state index >= 15 is 0 Å². The van der Waals surface area contributed by atoms with Crippen molar-refractivity contribution >= 4 is 23.1 Å². The van der Waals surface area contributed by atoms with Crippen LogP contribution in [0.5, 0.6) is 5.75 Å². The number of ether oxygens (including phenoxy) is 1. The van der Waals surface area contributed by atoms with Gasteiger partial charge in [-0.15, -0.1) is 0 Å². The van der Waals surface area contributed by atoms with E-state index < -0.39 is 23.0 Å². The third-order valence-corrected chi connectivity index (χ3v) is 4.75. The summed E-state index contributed by atoms with van der Waals surface area (Å²) in [6.45, 7) is -0.241. The van der Waals surface area contributed by atoms with Gasteiger partial charge in [-0.05, 0) is 37.5 Å². The quantitative estimate of drug-likeness (QED) is 0.580. The Kier molecular flexibility index (Phi) is 6.20. The number of rotatable bonds is 6. The molecule has 2 heterocycles. The number of aryl methyl sites for hydroxylation is 1. The molecule has 1 N–H and O–H groups in total. The fraction of sp³-hybridized carbons (Fsp3) is 0.368. The molecule has 0 atom stereocenters. The molecular formula is C19H20F2N4O4. The van der Waals surface area contributed by atoms with E-state index in [1.807, 2.05) is 17.9 Å². The van der Waals surface area contributed by atoms with E-state index in [4.69, 9.17) is 0 Å². The van der Waals surface area contributed by atoms with Crippen molar-refractivity contribution < 1.29 is 23.2 Å². The molecule has 0 unspecified atom stereocenters. The minimum Gasteiger partial charge on any atom is -0.427 e. The van der Waals surface area contributed by atoms with Gasteiger partial charge in [-0.1, -0.05) is 6.07 Å². The molecule has 1 saturated heterocycles. The molecule has 2 aromatic rings. The number of anilines is 2. The number of halogens is 2. The van der Waals surface area contributed by atoms with Crippen LogP contribution in [0.3, 0.4) is 0 Å². The van der Waals surface area contributed by atoms with Gasteiger partial charge in [0.15, 0.2) is 0 Å². The van der Waals surface area contributed by atoms with Gasteiger partial charge < -0.3 is 15.0 Å². The van der Waals surface area contributed by atoms with Crippen LogP contribution < -0.4 is 15.0 Å². The van der Waals surface area contributed by atoms with E-state index in [1.165, 1.54) is 12.1 Å². The molecule has 0 aliphatic carbocycles. The normalized spacial score (nSPS) is 14.7. The van der Waals surface area contributed by atoms with Crippen molar-refractivity contribution in [3.05, 3.63) is 52.2 Å². The summed E-state index contributed by atoms with van der Waals surface area (Å²) in [4.78, 5) is 28.7. The van der Waals surface area contributed by atoms with Crippen molar-refractivity contribution in [1.29, 1.82) is 0 Å². The molecule has 1 aromatic heterocycles. The maximum absolute atomic E-state index is 12.6. The molecule has 8 nitrogen and oxygen atoms in total. The maximum Gasteiger partial charge on any atom is 0.387 e. The summed E-state index contributed by atoms with van der Waals surface area (Å²) in [6.07, 6.45) is 2.78. The van der Waals surface area contributed by atoms with Crippen LogP contribution in [0.15, 0.2) is 36.5 Å². The highest BCUT2D eigenvalue weighted by atomic mass is 19.3. The number of carbonyl (C=O) groups is 1. The van der Waals surface area contributed by atoms with Crippen molar-refractivity contribution in [3.63, 3.8) is 0 Å². The fourth-order valence-electron chi connectivity index (χ4n) is 3.21. The van der Waals surface area contributed by atoms with Gasteiger partial charge in [-0.3, -0.25) is 14.9 Å². The summed E-state index contributed by atoms with van der Waals surface area (Å²) in [7, 11) is 0. The van der Waals surface area contributed by atoms with Crippen LogP contribution in [0.2, 0.25) is 0 Å². The molecule has 1 amide bonds. The van der Waals surface area contributed by atoms with Crippen molar-refractivity contribution in [3.8, 4) is 5.75 Å². The molecule has 0 bridgehead atoms. The van der Waals surface area contributed by atoms with Crippen LogP contribution in [0.1, 0.15) is 18.4 Å². The van der Waals surface area contributed by atoms with E-state index in [2.05, 4.69) is 15.0 Å². The SMILES string of the molecule is Cc1ccc(NC(=O)C2CCN(c3ccc([N+](=O)[O-])c(OC(F)F)c3)CC2)nc1. The standard InChI is InChI=1S/C19H20F2N4O4/c1-12-2-5-17(22-11-12)23-18(26)13-6-8-24(9-7-13)14-3-4-15(25(27)28)16(10-14)29-19(20)21/h2-5,10-11,13,19H,6-9H2,1H3,(H,22,23,26). The number of piperidine rings is 1. The summed E-state index contributed by atoms with van der Waals surface area (Å²) in [5, 5.41) is 13.8. The number of nitrogens with zero attached hydrogens (tertiary/aromatic N) is 3. The van der Waals surface area contributed by atoms with Crippen LogP contribution >= 0.6 is 0 Å². The van der Waals surface area contributed by atoms with Crippen molar-refractivity contribution in [2.75, 3.05) is 23.3 Å². The largest absolute Gasteiger partial charge is 0.427 e. The Hall–Kier alpha value is -3.30. The molecule has 0 saturated carbocycles. The van der Waals surface area contributed by atoms with Crippen LogP contribution in [0, 0.1) is 23.0 Å². The number of amides is 1. The first-order chi connectivity index (χ1) is 13.8. The zero-order valence-corrected chi connectivity index (χ0v) is 15.7. The van der Waals surface area contributed by atoms with Crippen LogP contribution in [-0.2, 0) is 4.79 Å². The van der Waals surface area contributed by atoms with Crippen LogP contribution in [-0.4, -0.2) is 35.5 Å². The second-order valence-electron chi connectivity index (χ2n) is 6.76. The zero-order chi connectivity index (χ0) is 21.0. The lowest BCUT2D eigenvalue weighted by atomic mass is 9.95. The maximum atomic E-state index is 12.6. The summed E-state index contributed by atoms with van der Waals surface area (Å²) in [5.74, 6) is -0.310. The van der Waals surface area contributed by atoms with Gasteiger partial charge in [0.2, 0.25) is 11.7 Å². The van der Waals surface area contributed by atoms with Gasteiger partial charge in [0, 0.05) is 43.0 Å². The lowest BCUT2D eigenvalue weighted by Crippen LogP contribution is -2.38. The van der Waals surface area contributed by atoms with Crippen LogP contribution in [0.4, 0.5) is 26.0 Å². The first-order valence-corrected chi connectivity index (χ1v) is 9.05. The summed E-state index contributed by atoms with van der Waals surface area (Å²) in [5.41, 5.74) is 1.01. The molecular weight excluding hydrogens is 386 g/mol. The van der Waals surface area contributed by atoms with Gasteiger partial charge in [0.25, 0.3) is 0 Å². The molecule has 154 valence electrons. The number of pyridine rings is 1. The van der Waals surface area contributed by atoms with E-state index in [-0.39, 0.29) is 11.8 Å². The van der Waals surface area contributed by atoms with Gasteiger partial charge in [0.05, 0.1) is 4.92 Å². The summed E-state index contributed by atoms with van der Waals surface area (Å²) < 4.78 is 29.4. The first kappa shape index (κ1) is 20.4. The highest BCUT2D eigenvalue weighted by molar-refractivity contribution is 5.91. The Morgan fingerprint density at radius 2 is 2.03 bits per heavy atom. The fourth-order valence-corrected chi connectivity index (χ4v) is 3.21. The van der Waals surface area contributed by atoms with E-state index in [9.17, 15) is 23.7 Å². The van der Waals surface area contributed by atoms with Gasteiger partial charge >= 0.3 is 12.3 Å². The molecule has 0 radical (unpaired) electrons. The highest BCUT2D eigenvalue weighted by Gasteiger charge is 2.27. The zero-order valence-electron chi connectivity index (χ0n) is 15.7. The molecule has 0 spiro atoms. The predicted molar refractivity (Wildman–Crippen MR) is 102 cm³/mol. The molecule has 10 heteroatoms.